The van der Waals surface area contributed by atoms with E-state index < -0.39 is 0 Å². The molecule has 0 bridgehead atoms. The molecule has 7 nitrogen and oxygen atoms in total. The Bertz CT molecular complexity index is 1310. The number of nitrogens with zero attached hydrogens (tertiary/aromatic N) is 3. The third-order valence-corrected chi connectivity index (χ3v) is 8.10. The van der Waals surface area contributed by atoms with Crippen LogP contribution in [0.25, 0.3) is 11.1 Å². The van der Waals surface area contributed by atoms with Gasteiger partial charge in [-0.15, -0.1) is 0 Å². The SMILES string of the molecule is C[C@@H]1CN([C@H](C)CO)C(=O)c2ccccc2-c2ccccc2CO[C@H]1CN(C)C(=O)[C@H](Cc1ccccc1)N(C)C. The fraction of sp³-hybridized carbons (Fsp3) is 0.412. The summed E-state index contributed by atoms with van der Waals surface area (Å²) in [6, 6.07) is 25.0. The number of likely N-dealkylation sites (N-methyl/N-ethyl adjacent to an activating group) is 2. The van der Waals surface area contributed by atoms with E-state index in [1.807, 2.05) is 112 Å². The molecule has 1 N–H and O–H groups in total. The van der Waals surface area contributed by atoms with E-state index in [9.17, 15) is 14.7 Å². The van der Waals surface area contributed by atoms with Gasteiger partial charge in [-0.25, -0.2) is 0 Å². The molecule has 0 unspecified atom stereocenters. The summed E-state index contributed by atoms with van der Waals surface area (Å²) in [5, 5.41) is 10.1. The van der Waals surface area contributed by atoms with E-state index in [0.717, 1.165) is 22.3 Å². The van der Waals surface area contributed by atoms with Gasteiger partial charge in [0.2, 0.25) is 5.91 Å². The fourth-order valence-electron chi connectivity index (χ4n) is 5.49. The lowest BCUT2D eigenvalue weighted by molar-refractivity contribution is -0.137. The first kappa shape index (κ1) is 30.4. The number of amides is 2. The van der Waals surface area contributed by atoms with Gasteiger partial charge in [-0.1, -0.05) is 79.7 Å². The molecular formula is C34H43N3O4. The van der Waals surface area contributed by atoms with E-state index in [-0.39, 0.29) is 42.5 Å². The van der Waals surface area contributed by atoms with Crippen molar-refractivity contribution in [1.82, 2.24) is 14.7 Å². The molecule has 0 radical (unpaired) electrons. The van der Waals surface area contributed by atoms with E-state index in [1.165, 1.54) is 0 Å². The van der Waals surface area contributed by atoms with Crippen LogP contribution in [0.1, 0.15) is 35.3 Å². The molecule has 41 heavy (non-hydrogen) atoms. The first-order valence-corrected chi connectivity index (χ1v) is 14.4. The van der Waals surface area contributed by atoms with Gasteiger partial charge in [0, 0.05) is 31.6 Å². The molecular weight excluding hydrogens is 514 g/mol. The number of aliphatic hydroxyl groups excluding tert-OH is 1. The van der Waals surface area contributed by atoms with Gasteiger partial charge >= 0.3 is 0 Å². The number of hydrogen-bond acceptors (Lipinski definition) is 5. The van der Waals surface area contributed by atoms with Crippen molar-refractivity contribution in [3.8, 4) is 11.1 Å². The van der Waals surface area contributed by atoms with Crippen LogP contribution in [0.3, 0.4) is 0 Å². The molecule has 0 spiro atoms. The molecule has 0 saturated heterocycles. The van der Waals surface area contributed by atoms with Crippen molar-refractivity contribution < 1.29 is 19.4 Å². The highest BCUT2D eigenvalue weighted by molar-refractivity contribution is 6.01. The minimum absolute atomic E-state index is 0.0217. The Morgan fingerprint density at radius 3 is 2.22 bits per heavy atom. The highest BCUT2D eigenvalue weighted by Gasteiger charge is 2.32. The lowest BCUT2D eigenvalue weighted by Crippen LogP contribution is -2.50. The van der Waals surface area contributed by atoms with E-state index in [4.69, 9.17) is 4.74 Å². The second kappa shape index (κ2) is 13.9. The summed E-state index contributed by atoms with van der Waals surface area (Å²) in [6.07, 6.45) is 0.277. The van der Waals surface area contributed by atoms with Crippen molar-refractivity contribution in [3.05, 3.63) is 95.6 Å². The number of ether oxygens (including phenoxy) is 1. The second-order valence-electron chi connectivity index (χ2n) is 11.4. The monoisotopic (exact) mass is 557 g/mol. The summed E-state index contributed by atoms with van der Waals surface area (Å²) >= 11 is 0. The van der Waals surface area contributed by atoms with E-state index >= 15 is 0 Å². The maximum absolute atomic E-state index is 14.0. The van der Waals surface area contributed by atoms with Gasteiger partial charge in [0.25, 0.3) is 5.91 Å². The van der Waals surface area contributed by atoms with Crippen LogP contribution in [-0.4, -0.2) is 90.6 Å². The molecule has 7 heteroatoms. The molecule has 1 aliphatic rings. The lowest BCUT2D eigenvalue weighted by Gasteiger charge is -2.36. The van der Waals surface area contributed by atoms with Crippen LogP contribution in [0.15, 0.2) is 78.9 Å². The highest BCUT2D eigenvalue weighted by atomic mass is 16.5. The van der Waals surface area contributed by atoms with Gasteiger partial charge in [0.05, 0.1) is 31.4 Å². The van der Waals surface area contributed by atoms with Crippen molar-refractivity contribution in [2.45, 2.75) is 45.1 Å². The third-order valence-electron chi connectivity index (χ3n) is 8.10. The minimum atomic E-state index is -0.377. The Morgan fingerprint density at radius 2 is 1.56 bits per heavy atom. The van der Waals surface area contributed by atoms with Crippen molar-refractivity contribution in [3.63, 3.8) is 0 Å². The maximum atomic E-state index is 14.0. The first-order chi connectivity index (χ1) is 19.7. The summed E-state index contributed by atoms with van der Waals surface area (Å²) in [5.41, 5.74) is 4.49. The molecule has 0 aliphatic carbocycles. The number of aliphatic hydroxyl groups is 1. The summed E-state index contributed by atoms with van der Waals surface area (Å²) in [6.45, 7) is 4.88. The van der Waals surface area contributed by atoms with Crippen LogP contribution < -0.4 is 0 Å². The standard InChI is InChI=1S/C34H43N3O4/c1-24-20-37(25(2)22-38)33(39)30-18-12-11-17-29(30)28-16-10-9-15-27(28)23-41-32(24)21-36(5)34(40)31(35(3)4)19-26-13-7-6-8-14-26/h6-18,24-25,31-32,38H,19-23H2,1-5H3/t24-,25-,31+,32+/m1/s1. The summed E-state index contributed by atoms with van der Waals surface area (Å²) in [4.78, 5) is 33.2. The van der Waals surface area contributed by atoms with Crippen LogP contribution in [0, 0.1) is 5.92 Å². The van der Waals surface area contributed by atoms with Crippen molar-refractivity contribution >= 4 is 11.8 Å². The molecule has 4 atom stereocenters. The Kier molecular flexibility index (Phi) is 10.3. The van der Waals surface area contributed by atoms with E-state index in [1.54, 1.807) is 9.80 Å². The van der Waals surface area contributed by atoms with Crippen LogP contribution >= 0.6 is 0 Å². The third kappa shape index (κ3) is 7.22. The van der Waals surface area contributed by atoms with Crippen LogP contribution in [0.2, 0.25) is 0 Å². The number of carbonyl (C=O) groups excluding carboxylic acids is 2. The molecule has 1 heterocycles. The number of carbonyl (C=O) groups is 2. The van der Waals surface area contributed by atoms with Crippen molar-refractivity contribution in [1.29, 1.82) is 0 Å². The van der Waals surface area contributed by atoms with Gasteiger partial charge in [0.1, 0.15) is 0 Å². The van der Waals surface area contributed by atoms with Crippen LogP contribution in [0.5, 0.6) is 0 Å². The lowest BCUT2D eigenvalue weighted by atomic mass is 9.94. The Hall–Kier alpha value is -3.52. The van der Waals surface area contributed by atoms with Gasteiger partial charge < -0.3 is 19.6 Å². The Morgan fingerprint density at radius 1 is 0.951 bits per heavy atom. The zero-order valence-electron chi connectivity index (χ0n) is 24.9. The predicted molar refractivity (Wildman–Crippen MR) is 162 cm³/mol. The summed E-state index contributed by atoms with van der Waals surface area (Å²) in [5.74, 6) is -0.203. The Labute approximate surface area is 244 Å². The molecule has 0 fully saturated rings. The summed E-state index contributed by atoms with van der Waals surface area (Å²) < 4.78 is 6.60. The van der Waals surface area contributed by atoms with E-state index in [0.29, 0.717) is 31.7 Å². The number of fused-ring (bicyclic) bond motifs is 3. The van der Waals surface area contributed by atoms with Gasteiger partial charge in [-0.3, -0.25) is 14.5 Å². The average Bonchev–Trinajstić information content (AvgIpc) is 3.01. The molecule has 0 aromatic heterocycles. The molecule has 4 rings (SSSR count). The highest BCUT2D eigenvalue weighted by Crippen LogP contribution is 2.31. The van der Waals surface area contributed by atoms with Crippen LogP contribution in [-0.2, 0) is 22.6 Å². The number of benzene rings is 3. The quantitative estimate of drug-likeness (QED) is 0.446. The normalized spacial score (nSPS) is 19.1. The molecule has 1 aliphatic heterocycles. The molecule has 218 valence electrons. The molecule has 3 aromatic carbocycles. The van der Waals surface area contributed by atoms with Gasteiger partial charge in [-0.2, -0.15) is 0 Å². The largest absolute Gasteiger partial charge is 0.394 e. The smallest absolute Gasteiger partial charge is 0.254 e. The number of hydrogen-bond donors (Lipinski definition) is 1. The van der Waals surface area contributed by atoms with Gasteiger partial charge in [0.15, 0.2) is 0 Å². The summed E-state index contributed by atoms with van der Waals surface area (Å²) in [7, 11) is 5.69. The zero-order valence-corrected chi connectivity index (χ0v) is 24.9. The van der Waals surface area contributed by atoms with Crippen molar-refractivity contribution in [2.75, 3.05) is 40.8 Å². The van der Waals surface area contributed by atoms with Crippen molar-refractivity contribution in [2.24, 2.45) is 5.92 Å². The molecule has 0 saturated carbocycles. The molecule has 3 aromatic rings. The topological polar surface area (TPSA) is 73.3 Å². The first-order valence-electron chi connectivity index (χ1n) is 14.4. The second-order valence-corrected chi connectivity index (χ2v) is 11.4. The fourth-order valence-corrected chi connectivity index (χ4v) is 5.49. The molecule has 2 amide bonds. The van der Waals surface area contributed by atoms with Crippen LogP contribution in [0.4, 0.5) is 0 Å². The zero-order chi connectivity index (χ0) is 29.5. The number of rotatable bonds is 8. The maximum Gasteiger partial charge on any atom is 0.254 e. The Balaban J connectivity index is 1.65. The minimum Gasteiger partial charge on any atom is -0.394 e. The average molecular weight is 558 g/mol. The van der Waals surface area contributed by atoms with Gasteiger partial charge in [-0.05, 0) is 55.8 Å². The predicted octanol–water partition coefficient (Wildman–Crippen LogP) is 4.34. The van der Waals surface area contributed by atoms with E-state index in [2.05, 4.69) is 6.92 Å².